The Bertz CT molecular complexity index is 612. The van der Waals surface area contributed by atoms with E-state index in [-0.39, 0.29) is 17.6 Å². The maximum Gasteiger partial charge on any atom is 0.237 e. The molecule has 1 atom stereocenters. The van der Waals surface area contributed by atoms with Crippen LogP contribution in [-0.2, 0) is 16.1 Å². The van der Waals surface area contributed by atoms with E-state index in [1.165, 1.54) is 11.1 Å². The third-order valence-corrected chi connectivity index (χ3v) is 6.38. The second-order valence-corrected chi connectivity index (χ2v) is 9.25. The van der Waals surface area contributed by atoms with Crippen LogP contribution in [0.2, 0.25) is 0 Å². The first-order chi connectivity index (χ1) is 13.5. The number of hydrogen-bond acceptors (Lipinski definition) is 3. The van der Waals surface area contributed by atoms with Gasteiger partial charge in [-0.2, -0.15) is 0 Å². The molecule has 1 saturated heterocycles. The Morgan fingerprint density at radius 1 is 1.14 bits per heavy atom. The third-order valence-electron chi connectivity index (χ3n) is 6.38. The first-order valence-corrected chi connectivity index (χ1v) is 11.2. The van der Waals surface area contributed by atoms with Crippen molar-refractivity contribution < 1.29 is 9.53 Å². The zero-order valence-corrected chi connectivity index (χ0v) is 17.9. The van der Waals surface area contributed by atoms with E-state index < -0.39 is 0 Å². The van der Waals surface area contributed by atoms with Crippen molar-refractivity contribution in [1.29, 1.82) is 0 Å². The Morgan fingerprint density at radius 2 is 1.86 bits per heavy atom. The van der Waals surface area contributed by atoms with Crippen LogP contribution in [0.25, 0.3) is 0 Å². The summed E-state index contributed by atoms with van der Waals surface area (Å²) < 4.78 is 6.09. The second-order valence-electron chi connectivity index (χ2n) is 9.25. The Morgan fingerprint density at radius 3 is 2.46 bits per heavy atom. The zero-order valence-electron chi connectivity index (χ0n) is 17.9. The molecular weight excluding hydrogens is 348 g/mol. The van der Waals surface area contributed by atoms with Gasteiger partial charge in [-0.15, -0.1) is 0 Å². The van der Waals surface area contributed by atoms with Gasteiger partial charge < -0.3 is 15.4 Å². The topological polar surface area (TPSA) is 50.4 Å². The highest BCUT2D eigenvalue weighted by molar-refractivity contribution is 5.82. The van der Waals surface area contributed by atoms with Crippen LogP contribution in [-0.4, -0.2) is 30.1 Å². The van der Waals surface area contributed by atoms with Crippen molar-refractivity contribution in [3.05, 3.63) is 35.4 Å². The lowest BCUT2D eigenvalue weighted by Crippen LogP contribution is -2.46. The molecule has 28 heavy (non-hydrogen) atoms. The number of carbonyl (C=O) groups is 1. The fourth-order valence-electron chi connectivity index (χ4n) is 4.62. The molecule has 0 unspecified atom stereocenters. The fraction of sp³-hybridized carbons (Fsp3) is 0.708. The van der Waals surface area contributed by atoms with Gasteiger partial charge in [0.15, 0.2) is 0 Å². The molecule has 2 fully saturated rings. The minimum absolute atomic E-state index is 0.0368. The number of benzene rings is 1. The Labute approximate surface area is 170 Å². The van der Waals surface area contributed by atoms with E-state index in [1.807, 2.05) is 0 Å². The first-order valence-electron chi connectivity index (χ1n) is 11.2. The second kappa shape index (κ2) is 9.89. The normalized spacial score (nSPS) is 25.6. The van der Waals surface area contributed by atoms with Crippen molar-refractivity contribution in [2.24, 2.45) is 0 Å². The summed E-state index contributed by atoms with van der Waals surface area (Å²) in [7, 11) is 0. The molecule has 1 heterocycles. The highest BCUT2D eigenvalue weighted by atomic mass is 16.5. The van der Waals surface area contributed by atoms with Gasteiger partial charge in [0.1, 0.15) is 0 Å². The summed E-state index contributed by atoms with van der Waals surface area (Å²) in [6, 6.07) is 9.37. The third kappa shape index (κ3) is 6.05. The Balaban J connectivity index is 1.43. The van der Waals surface area contributed by atoms with E-state index in [2.05, 4.69) is 55.7 Å². The number of amides is 1. The summed E-state index contributed by atoms with van der Waals surface area (Å²) in [4.78, 5) is 12.3. The molecule has 2 N–H and O–H groups in total. The van der Waals surface area contributed by atoms with Gasteiger partial charge in [-0.05, 0) is 82.4 Å². The standard InChI is InChI=1S/C24H38N2O2/c1-4-15-24(2,3)28-17-18-7-9-19(10-8-18)20-11-13-21(14-12-20)26-23(27)22-6-5-16-25-22/h7-10,20-22,25H,4-6,11-17H2,1-3H3,(H,26,27)/t20?,21?,22-/m1/s1. The average molecular weight is 387 g/mol. The average Bonchev–Trinajstić information content (AvgIpc) is 3.23. The molecule has 0 aromatic heterocycles. The fourth-order valence-corrected chi connectivity index (χ4v) is 4.62. The summed E-state index contributed by atoms with van der Waals surface area (Å²) in [6.45, 7) is 8.20. The van der Waals surface area contributed by atoms with Crippen molar-refractivity contribution in [3.8, 4) is 0 Å². The first kappa shape index (κ1) is 21.3. The molecule has 0 radical (unpaired) electrons. The van der Waals surface area contributed by atoms with Crippen molar-refractivity contribution >= 4 is 5.91 Å². The maximum atomic E-state index is 12.3. The Kier molecular flexibility index (Phi) is 7.53. The summed E-state index contributed by atoms with van der Waals surface area (Å²) >= 11 is 0. The smallest absolute Gasteiger partial charge is 0.237 e. The van der Waals surface area contributed by atoms with Crippen molar-refractivity contribution in [3.63, 3.8) is 0 Å². The maximum absolute atomic E-state index is 12.3. The molecule has 1 aromatic rings. The van der Waals surface area contributed by atoms with Gasteiger partial charge in [-0.3, -0.25) is 4.79 Å². The van der Waals surface area contributed by atoms with Gasteiger partial charge >= 0.3 is 0 Å². The minimum atomic E-state index is -0.0513. The zero-order chi connectivity index (χ0) is 20.0. The lowest BCUT2D eigenvalue weighted by atomic mass is 9.81. The SMILES string of the molecule is CCCC(C)(C)OCc1ccc(C2CCC(NC(=O)[C@H]3CCCN3)CC2)cc1. The van der Waals surface area contributed by atoms with E-state index >= 15 is 0 Å². The van der Waals surface area contributed by atoms with Gasteiger partial charge in [0.05, 0.1) is 18.2 Å². The number of hydrogen-bond donors (Lipinski definition) is 2. The quantitative estimate of drug-likeness (QED) is 0.682. The van der Waals surface area contributed by atoms with E-state index in [0.717, 1.165) is 57.9 Å². The van der Waals surface area contributed by atoms with E-state index in [4.69, 9.17) is 4.74 Å². The summed E-state index contributed by atoms with van der Waals surface area (Å²) in [6.07, 6.45) is 8.80. The molecule has 1 aromatic carbocycles. The molecule has 2 aliphatic rings. The van der Waals surface area contributed by atoms with Crippen LogP contribution in [0.4, 0.5) is 0 Å². The molecule has 1 amide bonds. The molecule has 1 saturated carbocycles. The predicted octanol–water partition coefficient (Wildman–Crippen LogP) is 4.68. The molecular formula is C24H38N2O2. The minimum Gasteiger partial charge on any atom is -0.371 e. The van der Waals surface area contributed by atoms with Gasteiger partial charge in [0.25, 0.3) is 0 Å². The van der Waals surface area contributed by atoms with Crippen LogP contribution in [0.3, 0.4) is 0 Å². The molecule has 0 bridgehead atoms. The number of nitrogens with one attached hydrogen (secondary N) is 2. The number of rotatable bonds is 8. The summed E-state index contributed by atoms with van der Waals surface area (Å²) in [5.41, 5.74) is 2.63. The van der Waals surface area contributed by atoms with Crippen LogP contribution in [0, 0.1) is 0 Å². The van der Waals surface area contributed by atoms with E-state index in [1.54, 1.807) is 0 Å². The molecule has 3 rings (SSSR count). The van der Waals surface area contributed by atoms with Gasteiger partial charge in [0.2, 0.25) is 5.91 Å². The van der Waals surface area contributed by atoms with Crippen LogP contribution in [0.5, 0.6) is 0 Å². The molecule has 4 nitrogen and oxygen atoms in total. The van der Waals surface area contributed by atoms with Crippen LogP contribution >= 0.6 is 0 Å². The summed E-state index contributed by atoms with van der Waals surface area (Å²) in [5.74, 6) is 0.820. The number of ether oxygens (including phenoxy) is 1. The molecule has 1 aliphatic heterocycles. The molecule has 0 spiro atoms. The highest BCUT2D eigenvalue weighted by Crippen LogP contribution is 2.33. The van der Waals surface area contributed by atoms with Gasteiger partial charge in [-0.25, -0.2) is 0 Å². The van der Waals surface area contributed by atoms with Gasteiger partial charge in [-0.1, -0.05) is 37.6 Å². The van der Waals surface area contributed by atoms with Crippen molar-refractivity contribution in [2.75, 3.05) is 6.54 Å². The van der Waals surface area contributed by atoms with Crippen LogP contribution < -0.4 is 10.6 Å². The number of carbonyl (C=O) groups excluding carboxylic acids is 1. The monoisotopic (exact) mass is 386 g/mol. The van der Waals surface area contributed by atoms with Crippen molar-refractivity contribution in [2.45, 2.75) is 102 Å². The van der Waals surface area contributed by atoms with E-state index in [9.17, 15) is 4.79 Å². The Hall–Kier alpha value is -1.39. The van der Waals surface area contributed by atoms with E-state index in [0.29, 0.717) is 18.6 Å². The molecule has 1 aliphatic carbocycles. The predicted molar refractivity (Wildman–Crippen MR) is 114 cm³/mol. The molecule has 156 valence electrons. The van der Waals surface area contributed by atoms with Crippen LogP contribution in [0.1, 0.15) is 89.2 Å². The lowest BCUT2D eigenvalue weighted by Gasteiger charge is -2.30. The van der Waals surface area contributed by atoms with Gasteiger partial charge in [0, 0.05) is 6.04 Å². The molecule has 4 heteroatoms. The van der Waals surface area contributed by atoms with Crippen molar-refractivity contribution in [1.82, 2.24) is 10.6 Å². The van der Waals surface area contributed by atoms with Crippen LogP contribution in [0.15, 0.2) is 24.3 Å². The summed E-state index contributed by atoms with van der Waals surface area (Å²) in [5, 5.41) is 6.56. The highest BCUT2D eigenvalue weighted by Gasteiger charge is 2.27. The lowest BCUT2D eigenvalue weighted by molar-refractivity contribution is -0.123. The largest absolute Gasteiger partial charge is 0.371 e.